The first-order valence-corrected chi connectivity index (χ1v) is 9.60. The van der Waals surface area contributed by atoms with E-state index in [4.69, 9.17) is 9.47 Å². The summed E-state index contributed by atoms with van der Waals surface area (Å²) < 4.78 is 11.2. The number of benzene rings is 1. The van der Waals surface area contributed by atoms with Crippen LogP contribution in [0.1, 0.15) is 44.2 Å². The molecule has 2 atom stereocenters. The molecule has 1 fully saturated rings. The van der Waals surface area contributed by atoms with Crippen molar-refractivity contribution in [3.8, 4) is 11.5 Å². The Kier molecular flexibility index (Phi) is 6.57. The first-order chi connectivity index (χ1) is 12.2. The van der Waals surface area contributed by atoms with E-state index >= 15 is 0 Å². The Balaban J connectivity index is 1.55. The molecule has 2 aliphatic rings. The summed E-state index contributed by atoms with van der Waals surface area (Å²) in [5.74, 6) is 2.60. The van der Waals surface area contributed by atoms with Gasteiger partial charge in [-0.25, -0.2) is 0 Å². The molecule has 140 valence electrons. The summed E-state index contributed by atoms with van der Waals surface area (Å²) in [6.07, 6.45) is 4.16. The zero-order valence-corrected chi connectivity index (χ0v) is 15.5. The molecular weight excluding hydrogens is 316 g/mol. The Morgan fingerprint density at radius 1 is 1.32 bits per heavy atom. The number of ether oxygens (including phenoxy) is 2. The van der Waals surface area contributed by atoms with Crippen molar-refractivity contribution in [3.05, 3.63) is 23.8 Å². The summed E-state index contributed by atoms with van der Waals surface area (Å²) in [6, 6.07) is 6.17. The van der Waals surface area contributed by atoms with E-state index in [2.05, 4.69) is 23.2 Å². The van der Waals surface area contributed by atoms with Gasteiger partial charge in [-0.15, -0.1) is 0 Å². The fraction of sp³-hybridized carbons (Fsp3) is 0.700. The number of likely N-dealkylation sites (tertiary alicyclic amines) is 1. The predicted octanol–water partition coefficient (Wildman–Crippen LogP) is 2.59. The summed E-state index contributed by atoms with van der Waals surface area (Å²) in [7, 11) is 1.69. The number of methoxy groups -OCH3 is 1. The Morgan fingerprint density at radius 3 is 2.88 bits per heavy atom. The largest absolute Gasteiger partial charge is 0.497 e. The number of piperidine rings is 1. The van der Waals surface area contributed by atoms with Gasteiger partial charge in [-0.1, -0.05) is 6.92 Å². The molecule has 0 amide bonds. The topological polar surface area (TPSA) is 54.0 Å². The van der Waals surface area contributed by atoms with E-state index in [-0.39, 0.29) is 12.1 Å². The molecular formula is C20H32N2O3. The minimum absolute atomic E-state index is 0.198. The third-order valence-corrected chi connectivity index (χ3v) is 5.43. The molecule has 3 rings (SSSR count). The lowest BCUT2D eigenvalue weighted by Crippen LogP contribution is -2.42. The quantitative estimate of drug-likeness (QED) is 0.828. The minimum atomic E-state index is -0.341. The Morgan fingerprint density at radius 2 is 2.12 bits per heavy atom. The number of aliphatic hydroxyl groups excluding tert-OH is 1. The van der Waals surface area contributed by atoms with Gasteiger partial charge in [0.2, 0.25) is 0 Å². The number of rotatable bonds is 6. The molecule has 5 heteroatoms. The van der Waals surface area contributed by atoms with Crippen molar-refractivity contribution >= 4 is 0 Å². The summed E-state index contributed by atoms with van der Waals surface area (Å²) in [6.45, 7) is 6.63. The van der Waals surface area contributed by atoms with Gasteiger partial charge in [0.15, 0.2) is 0 Å². The van der Waals surface area contributed by atoms with Crippen LogP contribution in [0.4, 0.5) is 0 Å². The van der Waals surface area contributed by atoms with Crippen LogP contribution in [0.15, 0.2) is 18.2 Å². The van der Waals surface area contributed by atoms with Crippen LogP contribution in [0.2, 0.25) is 0 Å². The zero-order valence-electron chi connectivity index (χ0n) is 15.5. The van der Waals surface area contributed by atoms with Gasteiger partial charge in [-0.3, -0.25) is 0 Å². The fourth-order valence-corrected chi connectivity index (χ4v) is 3.78. The first kappa shape index (κ1) is 18.5. The Hall–Kier alpha value is -1.30. The lowest BCUT2D eigenvalue weighted by molar-refractivity contribution is 0.0885. The van der Waals surface area contributed by atoms with Gasteiger partial charge in [0.05, 0.1) is 19.8 Å². The molecule has 1 saturated heterocycles. The second-order valence-corrected chi connectivity index (χ2v) is 7.49. The molecule has 2 heterocycles. The van der Waals surface area contributed by atoms with Crippen molar-refractivity contribution in [2.24, 2.45) is 5.92 Å². The third-order valence-electron chi connectivity index (χ3n) is 5.43. The normalized spacial score (nSPS) is 23.4. The molecule has 1 aromatic carbocycles. The molecule has 5 nitrogen and oxygen atoms in total. The highest BCUT2D eigenvalue weighted by Crippen LogP contribution is 2.34. The van der Waals surface area contributed by atoms with Gasteiger partial charge in [-0.05, 0) is 62.9 Å². The molecule has 0 radical (unpaired) electrons. The average Bonchev–Trinajstić information content (AvgIpc) is 2.83. The molecule has 0 aromatic heterocycles. The van der Waals surface area contributed by atoms with Crippen molar-refractivity contribution in [2.45, 2.75) is 44.8 Å². The number of nitrogens with one attached hydrogen (secondary N) is 1. The van der Waals surface area contributed by atoms with E-state index in [0.717, 1.165) is 62.1 Å². The van der Waals surface area contributed by atoms with E-state index in [1.807, 2.05) is 12.1 Å². The van der Waals surface area contributed by atoms with Crippen LogP contribution >= 0.6 is 0 Å². The van der Waals surface area contributed by atoms with Crippen LogP contribution in [0.3, 0.4) is 0 Å². The fourth-order valence-electron chi connectivity index (χ4n) is 3.78. The molecule has 2 N–H and O–H groups in total. The predicted molar refractivity (Wildman–Crippen MR) is 99.3 cm³/mol. The standard InChI is InChI=1S/C20H32N2O3/c1-15-7-9-22(10-8-15)14-16(23)13-21-19-4-3-11-25-20-6-5-17(24-2)12-18(19)20/h5-6,12,15-16,19,21,23H,3-4,7-11,13-14H2,1-2H3. The summed E-state index contributed by atoms with van der Waals surface area (Å²) >= 11 is 0. The Labute approximate surface area is 151 Å². The molecule has 2 aliphatic heterocycles. The van der Waals surface area contributed by atoms with Crippen LogP contribution in [0.5, 0.6) is 11.5 Å². The van der Waals surface area contributed by atoms with Crippen LogP contribution in [-0.2, 0) is 0 Å². The highest BCUT2D eigenvalue weighted by atomic mass is 16.5. The number of aliphatic hydroxyl groups is 1. The molecule has 0 bridgehead atoms. The van der Waals surface area contributed by atoms with Gasteiger partial charge < -0.3 is 24.8 Å². The van der Waals surface area contributed by atoms with Gasteiger partial charge in [0.1, 0.15) is 11.5 Å². The number of fused-ring (bicyclic) bond motifs is 1. The van der Waals surface area contributed by atoms with Crippen molar-refractivity contribution in [1.29, 1.82) is 0 Å². The van der Waals surface area contributed by atoms with Gasteiger partial charge in [0, 0.05) is 24.7 Å². The number of hydrogen-bond acceptors (Lipinski definition) is 5. The lowest BCUT2D eigenvalue weighted by Gasteiger charge is -2.32. The SMILES string of the molecule is COc1ccc2c(c1)C(NCC(O)CN1CCC(C)CC1)CCCO2. The second kappa shape index (κ2) is 8.88. The van der Waals surface area contributed by atoms with E-state index in [1.165, 1.54) is 12.8 Å². The summed E-state index contributed by atoms with van der Waals surface area (Å²) in [5, 5.41) is 14.0. The van der Waals surface area contributed by atoms with Crippen LogP contribution in [0.25, 0.3) is 0 Å². The highest BCUT2D eigenvalue weighted by Gasteiger charge is 2.22. The van der Waals surface area contributed by atoms with Crippen LogP contribution in [0, 0.1) is 5.92 Å². The molecule has 0 saturated carbocycles. The van der Waals surface area contributed by atoms with Crippen LogP contribution < -0.4 is 14.8 Å². The number of nitrogens with zero attached hydrogens (tertiary/aromatic N) is 1. The molecule has 1 aromatic rings. The van der Waals surface area contributed by atoms with Gasteiger partial charge in [0.25, 0.3) is 0 Å². The monoisotopic (exact) mass is 348 g/mol. The average molecular weight is 348 g/mol. The number of hydrogen-bond donors (Lipinski definition) is 2. The maximum Gasteiger partial charge on any atom is 0.124 e. The van der Waals surface area contributed by atoms with Gasteiger partial charge in [-0.2, -0.15) is 0 Å². The van der Waals surface area contributed by atoms with E-state index in [9.17, 15) is 5.11 Å². The zero-order chi connectivity index (χ0) is 17.6. The molecule has 0 spiro atoms. The maximum absolute atomic E-state index is 10.5. The van der Waals surface area contributed by atoms with Crippen LogP contribution in [-0.4, -0.2) is 56.0 Å². The van der Waals surface area contributed by atoms with Gasteiger partial charge >= 0.3 is 0 Å². The van der Waals surface area contributed by atoms with Crippen molar-refractivity contribution in [3.63, 3.8) is 0 Å². The molecule has 0 aliphatic carbocycles. The van der Waals surface area contributed by atoms with Crippen molar-refractivity contribution in [2.75, 3.05) is 39.9 Å². The third kappa shape index (κ3) is 5.09. The van der Waals surface area contributed by atoms with E-state index < -0.39 is 0 Å². The summed E-state index contributed by atoms with van der Waals surface area (Å²) in [5.41, 5.74) is 1.14. The van der Waals surface area contributed by atoms with Crippen molar-refractivity contribution < 1.29 is 14.6 Å². The van der Waals surface area contributed by atoms with E-state index in [1.54, 1.807) is 7.11 Å². The maximum atomic E-state index is 10.5. The highest BCUT2D eigenvalue weighted by molar-refractivity contribution is 5.42. The lowest BCUT2D eigenvalue weighted by atomic mass is 9.99. The first-order valence-electron chi connectivity index (χ1n) is 9.60. The molecule has 25 heavy (non-hydrogen) atoms. The minimum Gasteiger partial charge on any atom is -0.497 e. The summed E-state index contributed by atoms with van der Waals surface area (Å²) in [4.78, 5) is 2.39. The second-order valence-electron chi connectivity index (χ2n) is 7.49. The number of β-amino-alcohol motifs (C(OH)–C–C–N with tert-alkyl or cyclic N) is 1. The molecule has 2 unspecified atom stereocenters. The smallest absolute Gasteiger partial charge is 0.124 e. The Bertz CT molecular complexity index is 544. The van der Waals surface area contributed by atoms with Crippen molar-refractivity contribution in [1.82, 2.24) is 10.2 Å². The van der Waals surface area contributed by atoms with E-state index in [0.29, 0.717) is 6.54 Å².